The summed E-state index contributed by atoms with van der Waals surface area (Å²) in [7, 11) is 0. The molecule has 0 saturated carbocycles. The van der Waals surface area contributed by atoms with Crippen LogP contribution in [-0.4, -0.2) is 5.97 Å². The Kier molecular flexibility index (Phi) is 3.21. The Morgan fingerprint density at radius 2 is 1.65 bits per heavy atom. The fourth-order valence-electron chi connectivity index (χ4n) is 2.31. The Hall–Kier alpha value is -2.61. The Balaban J connectivity index is 2.20. The normalized spacial score (nSPS) is 16.1. The third-order valence-electron chi connectivity index (χ3n) is 3.20. The van der Waals surface area contributed by atoms with E-state index < -0.39 is 0 Å². The number of allylic oxidation sites excluding steroid dienone is 1. The predicted octanol–water partition coefficient (Wildman–Crippen LogP) is 3.87. The van der Waals surface area contributed by atoms with Crippen LogP contribution >= 0.6 is 0 Å². The molecule has 2 aromatic rings. The van der Waals surface area contributed by atoms with Crippen LogP contribution in [0.4, 0.5) is 0 Å². The molecule has 2 heteroatoms. The summed E-state index contributed by atoms with van der Waals surface area (Å²) in [5, 5.41) is 0. The van der Waals surface area contributed by atoms with Gasteiger partial charge in [0.05, 0.1) is 0 Å². The van der Waals surface area contributed by atoms with Gasteiger partial charge in [0.15, 0.2) is 0 Å². The molecule has 0 bridgehead atoms. The first-order chi connectivity index (χ1) is 9.74. The van der Waals surface area contributed by atoms with Gasteiger partial charge in [-0.3, -0.25) is 0 Å². The maximum Gasteiger partial charge on any atom is 0.336 e. The standard InChI is InChI=1S/C18H14O2/c1-13-6-5-9-15(12-13)18(14-7-3-2-4-8-14)16-10-11-17(19)20-16/h2-12H,1H3. The summed E-state index contributed by atoms with van der Waals surface area (Å²) in [4.78, 5) is 11.3. The second-order valence-electron chi connectivity index (χ2n) is 4.73. The number of carbonyl (C=O) groups excluding carboxylic acids is 1. The van der Waals surface area contributed by atoms with Crippen LogP contribution in [0.1, 0.15) is 16.7 Å². The summed E-state index contributed by atoms with van der Waals surface area (Å²) < 4.78 is 5.30. The first kappa shape index (κ1) is 12.4. The van der Waals surface area contributed by atoms with Gasteiger partial charge < -0.3 is 4.74 Å². The zero-order valence-electron chi connectivity index (χ0n) is 11.2. The molecule has 0 saturated heterocycles. The topological polar surface area (TPSA) is 26.3 Å². The lowest BCUT2D eigenvalue weighted by Crippen LogP contribution is -1.97. The molecular formula is C18H14O2. The fourth-order valence-corrected chi connectivity index (χ4v) is 2.31. The number of benzene rings is 2. The average molecular weight is 262 g/mol. The molecular weight excluding hydrogens is 248 g/mol. The van der Waals surface area contributed by atoms with E-state index in [1.807, 2.05) is 55.5 Å². The Labute approximate surface area is 118 Å². The minimum Gasteiger partial charge on any atom is -0.423 e. The number of aryl methyl sites for hydroxylation is 1. The van der Waals surface area contributed by atoms with Gasteiger partial charge in [0.2, 0.25) is 0 Å². The van der Waals surface area contributed by atoms with Crippen molar-refractivity contribution in [1.29, 1.82) is 0 Å². The lowest BCUT2D eigenvalue weighted by molar-refractivity contribution is -0.132. The summed E-state index contributed by atoms with van der Waals surface area (Å²) in [5.74, 6) is 0.285. The van der Waals surface area contributed by atoms with Gasteiger partial charge in [-0.05, 0) is 24.1 Å². The van der Waals surface area contributed by atoms with Crippen molar-refractivity contribution in [2.24, 2.45) is 0 Å². The Morgan fingerprint density at radius 3 is 2.30 bits per heavy atom. The quantitative estimate of drug-likeness (QED) is 0.768. The van der Waals surface area contributed by atoms with Crippen LogP contribution in [0.25, 0.3) is 5.57 Å². The average Bonchev–Trinajstić information content (AvgIpc) is 2.87. The van der Waals surface area contributed by atoms with Gasteiger partial charge in [-0.2, -0.15) is 0 Å². The van der Waals surface area contributed by atoms with Gasteiger partial charge >= 0.3 is 5.97 Å². The van der Waals surface area contributed by atoms with Gasteiger partial charge in [-0.15, -0.1) is 0 Å². The van der Waals surface area contributed by atoms with Crippen LogP contribution < -0.4 is 0 Å². The van der Waals surface area contributed by atoms with Crippen molar-refractivity contribution in [3.05, 3.63) is 89.2 Å². The van der Waals surface area contributed by atoms with Crippen LogP contribution in [-0.2, 0) is 9.53 Å². The first-order valence-electron chi connectivity index (χ1n) is 6.51. The van der Waals surface area contributed by atoms with Crippen molar-refractivity contribution in [2.45, 2.75) is 6.92 Å². The van der Waals surface area contributed by atoms with Crippen molar-refractivity contribution in [3.8, 4) is 0 Å². The van der Waals surface area contributed by atoms with Crippen LogP contribution in [0.2, 0.25) is 0 Å². The molecule has 0 spiro atoms. The zero-order valence-corrected chi connectivity index (χ0v) is 11.2. The van der Waals surface area contributed by atoms with Crippen LogP contribution in [0.5, 0.6) is 0 Å². The summed E-state index contributed by atoms with van der Waals surface area (Å²) >= 11 is 0. The summed E-state index contributed by atoms with van der Waals surface area (Å²) in [6.07, 6.45) is 3.18. The molecule has 0 atom stereocenters. The van der Waals surface area contributed by atoms with E-state index in [0.29, 0.717) is 5.76 Å². The lowest BCUT2D eigenvalue weighted by Gasteiger charge is -2.11. The SMILES string of the molecule is Cc1cccc(C(=C2C=CC(=O)O2)c2ccccc2)c1. The zero-order chi connectivity index (χ0) is 13.9. The predicted molar refractivity (Wildman–Crippen MR) is 78.9 cm³/mol. The van der Waals surface area contributed by atoms with E-state index in [0.717, 1.165) is 16.7 Å². The lowest BCUT2D eigenvalue weighted by atomic mass is 9.95. The van der Waals surface area contributed by atoms with Gasteiger partial charge in [0.1, 0.15) is 5.76 Å². The van der Waals surface area contributed by atoms with Gasteiger partial charge in [0, 0.05) is 11.6 Å². The third-order valence-corrected chi connectivity index (χ3v) is 3.20. The highest BCUT2D eigenvalue weighted by molar-refractivity contribution is 5.92. The molecule has 1 heterocycles. The summed E-state index contributed by atoms with van der Waals surface area (Å²) in [6, 6.07) is 18.1. The smallest absolute Gasteiger partial charge is 0.336 e. The molecule has 3 rings (SSSR count). The minimum absolute atomic E-state index is 0.318. The fraction of sp³-hybridized carbons (Fsp3) is 0.0556. The monoisotopic (exact) mass is 262 g/mol. The Bertz CT molecular complexity index is 709. The molecule has 1 aliphatic rings. The molecule has 0 N–H and O–H groups in total. The molecule has 0 aromatic heterocycles. The number of esters is 1. The number of hydrogen-bond donors (Lipinski definition) is 0. The first-order valence-corrected chi connectivity index (χ1v) is 6.51. The maximum atomic E-state index is 11.3. The van der Waals surface area contributed by atoms with E-state index in [4.69, 9.17) is 4.74 Å². The molecule has 2 aromatic carbocycles. The highest BCUT2D eigenvalue weighted by Gasteiger charge is 2.17. The third kappa shape index (κ3) is 2.41. The second-order valence-corrected chi connectivity index (χ2v) is 4.73. The molecule has 0 fully saturated rings. The van der Waals surface area contributed by atoms with Crippen LogP contribution in [0.3, 0.4) is 0 Å². The van der Waals surface area contributed by atoms with E-state index in [1.165, 1.54) is 11.6 Å². The van der Waals surface area contributed by atoms with Crippen molar-refractivity contribution in [2.75, 3.05) is 0 Å². The molecule has 98 valence electrons. The molecule has 2 nitrogen and oxygen atoms in total. The van der Waals surface area contributed by atoms with Gasteiger partial charge in [-0.25, -0.2) is 4.79 Å². The largest absolute Gasteiger partial charge is 0.423 e. The van der Waals surface area contributed by atoms with Crippen molar-refractivity contribution in [3.63, 3.8) is 0 Å². The minimum atomic E-state index is -0.318. The maximum absolute atomic E-state index is 11.3. The summed E-state index contributed by atoms with van der Waals surface area (Å²) in [5.41, 5.74) is 4.19. The number of hydrogen-bond acceptors (Lipinski definition) is 2. The molecule has 0 amide bonds. The van der Waals surface area contributed by atoms with Crippen LogP contribution in [0.15, 0.2) is 72.5 Å². The summed E-state index contributed by atoms with van der Waals surface area (Å²) in [6.45, 7) is 2.05. The van der Waals surface area contributed by atoms with Crippen molar-refractivity contribution < 1.29 is 9.53 Å². The molecule has 0 radical (unpaired) electrons. The molecule has 0 unspecified atom stereocenters. The van der Waals surface area contributed by atoms with E-state index in [1.54, 1.807) is 6.08 Å². The molecule has 1 aliphatic heterocycles. The molecule has 0 aliphatic carbocycles. The van der Waals surface area contributed by atoms with Gasteiger partial charge in [-0.1, -0.05) is 60.2 Å². The van der Waals surface area contributed by atoms with E-state index in [-0.39, 0.29) is 5.97 Å². The number of ether oxygens (including phenoxy) is 1. The number of cyclic esters (lactones) is 1. The number of carbonyl (C=O) groups is 1. The van der Waals surface area contributed by atoms with Crippen LogP contribution in [0, 0.1) is 6.92 Å². The Morgan fingerprint density at radius 1 is 0.900 bits per heavy atom. The second kappa shape index (κ2) is 5.17. The van der Waals surface area contributed by atoms with E-state index in [2.05, 4.69) is 6.07 Å². The van der Waals surface area contributed by atoms with E-state index in [9.17, 15) is 4.79 Å². The van der Waals surface area contributed by atoms with Crippen molar-refractivity contribution >= 4 is 11.5 Å². The van der Waals surface area contributed by atoms with Gasteiger partial charge in [0.25, 0.3) is 0 Å². The number of rotatable bonds is 2. The van der Waals surface area contributed by atoms with Crippen molar-refractivity contribution in [1.82, 2.24) is 0 Å². The highest BCUT2D eigenvalue weighted by atomic mass is 16.5. The van der Waals surface area contributed by atoms with E-state index >= 15 is 0 Å². The highest BCUT2D eigenvalue weighted by Crippen LogP contribution is 2.30. The molecule has 20 heavy (non-hydrogen) atoms.